The number of rotatable bonds is 11. The summed E-state index contributed by atoms with van der Waals surface area (Å²) in [4.78, 5) is 31.5. The van der Waals surface area contributed by atoms with E-state index in [0.29, 0.717) is 29.8 Å². The number of unbranched alkanes of at least 4 members (excludes halogenated alkanes) is 1. The van der Waals surface area contributed by atoms with Crippen molar-refractivity contribution in [3.05, 3.63) is 69.9 Å². The molecule has 198 valence electrons. The Kier molecular flexibility index (Phi) is 9.11. The van der Waals surface area contributed by atoms with Crippen LogP contribution in [0.4, 0.5) is 13.2 Å². The Balaban J connectivity index is 1.69. The first-order valence-electron chi connectivity index (χ1n) is 11.4. The second kappa shape index (κ2) is 12.1. The summed E-state index contributed by atoms with van der Waals surface area (Å²) in [7, 11) is 0. The average Bonchev–Trinajstić information content (AvgIpc) is 3.47. The van der Waals surface area contributed by atoms with Gasteiger partial charge in [0.05, 0.1) is 28.0 Å². The third kappa shape index (κ3) is 7.20. The predicted molar refractivity (Wildman–Crippen MR) is 133 cm³/mol. The normalized spacial score (nSPS) is 11.4. The largest absolute Gasteiger partial charge is 0.435 e. The quantitative estimate of drug-likeness (QED) is 0.186. The highest BCUT2D eigenvalue weighted by atomic mass is 35.5. The summed E-state index contributed by atoms with van der Waals surface area (Å²) in [6, 6.07) is 4.74. The minimum absolute atomic E-state index is 0.00709. The van der Waals surface area contributed by atoms with Crippen molar-refractivity contribution < 1.29 is 22.8 Å². The minimum atomic E-state index is -4.71. The van der Waals surface area contributed by atoms with Crippen LogP contribution < -0.4 is 16.4 Å². The van der Waals surface area contributed by atoms with E-state index < -0.39 is 17.8 Å². The van der Waals surface area contributed by atoms with Gasteiger partial charge >= 0.3 is 6.18 Å². The van der Waals surface area contributed by atoms with Crippen LogP contribution in [-0.4, -0.2) is 45.1 Å². The van der Waals surface area contributed by atoms with Crippen LogP contribution in [0.1, 0.15) is 57.7 Å². The van der Waals surface area contributed by atoms with Gasteiger partial charge < -0.3 is 21.4 Å². The fourth-order valence-corrected chi connectivity index (χ4v) is 3.84. The number of H-pyrrole nitrogens is 2. The van der Waals surface area contributed by atoms with E-state index in [1.54, 1.807) is 25.1 Å². The third-order valence-electron chi connectivity index (χ3n) is 5.30. The molecular formula is C24H27ClF3N7O2. The van der Waals surface area contributed by atoms with Crippen molar-refractivity contribution in [2.75, 3.05) is 13.1 Å². The van der Waals surface area contributed by atoms with Crippen LogP contribution in [0, 0.1) is 0 Å². The number of allylic oxidation sites excluding steroid dienone is 1. The van der Waals surface area contributed by atoms with Crippen molar-refractivity contribution in [1.82, 2.24) is 30.8 Å². The van der Waals surface area contributed by atoms with E-state index in [0.717, 1.165) is 19.0 Å². The molecule has 0 fully saturated rings. The fraction of sp³-hybridized carbons (Fsp3) is 0.333. The zero-order chi connectivity index (χ0) is 27.2. The number of benzene rings is 1. The lowest BCUT2D eigenvalue weighted by molar-refractivity contribution is -0.140. The number of aromatic nitrogens is 4. The van der Waals surface area contributed by atoms with Crippen molar-refractivity contribution >= 4 is 23.4 Å². The molecule has 0 atom stereocenters. The van der Waals surface area contributed by atoms with Crippen LogP contribution >= 0.6 is 11.6 Å². The molecule has 13 heteroatoms. The summed E-state index contributed by atoms with van der Waals surface area (Å²) in [5, 5.41) is 11.4. The van der Waals surface area contributed by atoms with Crippen molar-refractivity contribution in [3.63, 3.8) is 0 Å². The smallest absolute Gasteiger partial charge is 0.352 e. The maximum absolute atomic E-state index is 13.5. The Morgan fingerprint density at radius 1 is 1.19 bits per heavy atom. The van der Waals surface area contributed by atoms with E-state index in [2.05, 4.69) is 37.4 Å². The fourth-order valence-electron chi connectivity index (χ4n) is 3.55. The zero-order valence-corrected chi connectivity index (χ0v) is 20.8. The molecule has 1 aromatic carbocycles. The molecule has 0 saturated carbocycles. The number of hydrogen-bond acceptors (Lipinski definition) is 5. The maximum Gasteiger partial charge on any atom is 0.435 e. The van der Waals surface area contributed by atoms with Gasteiger partial charge in [-0.25, -0.2) is 4.98 Å². The molecule has 0 radical (unpaired) electrons. The molecule has 3 aromatic rings. The first kappa shape index (κ1) is 27.9. The van der Waals surface area contributed by atoms with Gasteiger partial charge in [0, 0.05) is 25.2 Å². The summed E-state index contributed by atoms with van der Waals surface area (Å²) in [6.07, 6.45) is -1.87. The molecule has 0 spiro atoms. The Bertz CT molecular complexity index is 1280. The van der Waals surface area contributed by atoms with Crippen molar-refractivity contribution in [2.24, 2.45) is 5.73 Å². The van der Waals surface area contributed by atoms with Gasteiger partial charge in [0.25, 0.3) is 11.8 Å². The molecule has 0 saturated heterocycles. The van der Waals surface area contributed by atoms with Crippen molar-refractivity contribution in [1.29, 1.82) is 0 Å². The van der Waals surface area contributed by atoms with E-state index in [-0.39, 0.29) is 46.7 Å². The highest BCUT2D eigenvalue weighted by Crippen LogP contribution is 2.37. The van der Waals surface area contributed by atoms with Crippen molar-refractivity contribution in [3.8, 4) is 11.3 Å². The zero-order valence-electron chi connectivity index (χ0n) is 20.1. The lowest BCUT2D eigenvalue weighted by Gasteiger charge is -2.09. The highest BCUT2D eigenvalue weighted by Gasteiger charge is 2.39. The van der Waals surface area contributed by atoms with Gasteiger partial charge in [0.2, 0.25) is 0 Å². The lowest BCUT2D eigenvalue weighted by atomic mass is 10.0. The summed E-state index contributed by atoms with van der Waals surface area (Å²) in [6.45, 7) is 6.48. The first-order valence-corrected chi connectivity index (χ1v) is 11.8. The summed E-state index contributed by atoms with van der Waals surface area (Å²) in [5.74, 6) is -1.13. The van der Waals surface area contributed by atoms with E-state index in [1.807, 2.05) is 0 Å². The molecule has 0 aliphatic carbocycles. The molecule has 0 aliphatic heterocycles. The van der Waals surface area contributed by atoms with Gasteiger partial charge in [-0.2, -0.15) is 18.3 Å². The Morgan fingerprint density at radius 3 is 2.59 bits per heavy atom. The number of carbonyl (C=O) groups is 2. The standard InChI is InChI=1S/C24H27ClF3N7O2/c1-13(2)9-17-19(20(35-34-17)24(26,27)28)18-12-31-21(33-18)23(37)32-11-14-5-6-15(16(25)10-14)22(36)30-8-4-3-7-29/h5-6,10,12H,1,3-4,7-9,11,29H2,2H3,(H,30,36)(H,31,33)(H,32,37)(H,34,35). The van der Waals surface area contributed by atoms with Crippen molar-refractivity contribution in [2.45, 2.75) is 38.9 Å². The van der Waals surface area contributed by atoms with Crippen LogP contribution in [0.15, 0.2) is 36.5 Å². The van der Waals surface area contributed by atoms with E-state index in [9.17, 15) is 22.8 Å². The van der Waals surface area contributed by atoms with Gasteiger partial charge in [-0.15, -0.1) is 0 Å². The van der Waals surface area contributed by atoms with Crippen LogP contribution in [0.5, 0.6) is 0 Å². The third-order valence-corrected chi connectivity index (χ3v) is 5.61. The summed E-state index contributed by atoms with van der Waals surface area (Å²) in [5.41, 5.74) is 5.84. The van der Waals surface area contributed by atoms with E-state index in [4.69, 9.17) is 17.3 Å². The van der Waals surface area contributed by atoms with Gasteiger partial charge in [-0.05, 0) is 44.0 Å². The van der Waals surface area contributed by atoms with Gasteiger partial charge in [0.1, 0.15) is 0 Å². The molecule has 2 aromatic heterocycles. The first-order chi connectivity index (χ1) is 17.5. The Labute approximate surface area is 216 Å². The molecule has 3 rings (SSSR count). The van der Waals surface area contributed by atoms with Crippen LogP contribution in [0.3, 0.4) is 0 Å². The number of nitrogens with zero attached hydrogens (tertiary/aromatic N) is 2. The molecule has 0 unspecified atom stereocenters. The molecule has 6 N–H and O–H groups in total. The number of nitrogens with two attached hydrogens (primary N) is 1. The van der Waals surface area contributed by atoms with Crippen LogP contribution in [0.2, 0.25) is 5.02 Å². The number of aromatic amines is 2. The summed E-state index contributed by atoms with van der Waals surface area (Å²) >= 11 is 6.24. The predicted octanol–water partition coefficient (Wildman–Crippen LogP) is 3.99. The number of carbonyl (C=O) groups excluding carboxylic acids is 2. The molecule has 2 amide bonds. The minimum Gasteiger partial charge on any atom is -0.352 e. The molecular weight excluding hydrogens is 511 g/mol. The molecule has 0 bridgehead atoms. The van der Waals surface area contributed by atoms with Gasteiger partial charge in [-0.1, -0.05) is 29.8 Å². The second-order valence-electron chi connectivity index (χ2n) is 8.45. The van der Waals surface area contributed by atoms with E-state index in [1.165, 1.54) is 0 Å². The summed E-state index contributed by atoms with van der Waals surface area (Å²) < 4.78 is 40.5. The lowest BCUT2D eigenvalue weighted by Crippen LogP contribution is -2.26. The monoisotopic (exact) mass is 537 g/mol. The maximum atomic E-state index is 13.5. The number of alkyl halides is 3. The molecule has 9 nitrogen and oxygen atoms in total. The number of halogens is 4. The van der Waals surface area contributed by atoms with Gasteiger partial charge in [-0.3, -0.25) is 14.7 Å². The highest BCUT2D eigenvalue weighted by molar-refractivity contribution is 6.33. The number of imidazole rings is 1. The number of amides is 2. The Hall–Kier alpha value is -3.64. The molecule has 37 heavy (non-hydrogen) atoms. The topological polar surface area (TPSA) is 142 Å². The number of hydrogen-bond donors (Lipinski definition) is 5. The number of nitrogens with one attached hydrogen (secondary N) is 4. The Morgan fingerprint density at radius 2 is 1.95 bits per heavy atom. The van der Waals surface area contributed by atoms with Crippen LogP contribution in [-0.2, 0) is 19.1 Å². The average molecular weight is 538 g/mol. The van der Waals surface area contributed by atoms with E-state index >= 15 is 0 Å². The molecule has 0 aliphatic rings. The SMILES string of the molecule is C=C(C)Cc1[nH]nc(C(F)(F)F)c1-c1cnc(C(=O)NCc2ccc(C(=O)NCCCCN)c(Cl)c2)[nH]1. The van der Waals surface area contributed by atoms with Crippen LogP contribution in [0.25, 0.3) is 11.3 Å². The second-order valence-corrected chi connectivity index (χ2v) is 8.86. The van der Waals surface area contributed by atoms with Gasteiger partial charge in [0.15, 0.2) is 11.5 Å². The molecule has 2 heterocycles.